The SMILES string of the molecule is O=C(O)CC1(NC(=O)c2cc3c(n(Cc4ccc(F)cc4)c2=O)CCCCCC3)CCCCC1. The third kappa shape index (κ3) is 5.57. The first-order valence-electron chi connectivity index (χ1n) is 12.4. The molecule has 0 unspecified atom stereocenters. The number of rotatable bonds is 6. The highest BCUT2D eigenvalue weighted by molar-refractivity contribution is 5.95. The van der Waals surface area contributed by atoms with Crippen molar-refractivity contribution in [1.82, 2.24) is 9.88 Å². The van der Waals surface area contributed by atoms with Gasteiger partial charge in [0.15, 0.2) is 0 Å². The molecule has 2 aliphatic rings. The van der Waals surface area contributed by atoms with Crippen molar-refractivity contribution in [3.63, 3.8) is 0 Å². The third-order valence-corrected chi connectivity index (χ3v) is 7.28. The van der Waals surface area contributed by atoms with Crippen molar-refractivity contribution in [1.29, 1.82) is 0 Å². The third-order valence-electron chi connectivity index (χ3n) is 7.28. The normalized spacial score (nSPS) is 17.8. The predicted molar refractivity (Wildman–Crippen MR) is 128 cm³/mol. The summed E-state index contributed by atoms with van der Waals surface area (Å²) in [5, 5.41) is 12.4. The number of aromatic nitrogens is 1. The van der Waals surface area contributed by atoms with E-state index in [0.717, 1.165) is 74.6 Å². The molecule has 34 heavy (non-hydrogen) atoms. The molecule has 1 amide bonds. The van der Waals surface area contributed by atoms with Gasteiger partial charge in [0.2, 0.25) is 0 Å². The second kappa shape index (κ2) is 10.5. The number of nitrogens with one attached hydrogen (secondary N) is 1. The first kappa shape index (κ1) is 24.2. The van der Waals surface area contributed by atoms with Crippen LogP contribution in [0, 0.1) is 5.82 Å². The number of carbonyl (C=O) groups is 2. The average molecular weight is 469 g/mol. The van der Waals surface area contributed by atoms with E-state index in [1.165, 1.54) is 12.1 Å². The maximum Gasteiger partial charge on any atom is 0.305 e. The largest absolute Gasteiger partial charge is 0.481 e. The van der Waals surface area contributed by atoms with Crippen molar-refractivity contribution in [3.05, 3.63) is 68.9 Å². The Labute approximate surface area is 199 Å². The monoisotopic (exact) mass is 468 g/mol. The van der Waals surface area contributed by atoms with Gasteiger partial charge in [-0.3, -0.25) is 14.4 Å². The molecule has 0 radical (unpaired) electrons. The predicted octanol–water partition coefficient (Wildman–Crippen LogP) is 4.60. The van der Waals surface area contributed by atoms with Gasteiger partial charge in [0.25, 0.3) is 11.5 Å². The lowest BCUT2D eigenvalue weighted by Gasteiger charge is -2.37. The lowest BCUT2D eigenvalue weighted by molar-refractivity contribution is -0.139. The van der Waals surface area contributed by atoms with Gasteiger partial charge in [0.1, 0.15) is 11.4 Å². The average Bonchev–Trinajstić information content (AvgIpc) is 2.77. The molecular weight excluding hydrogens is 435 g/mol. The highest BCUT2D eigenvalue weighted by atomic mass is 19.1. The number of carbonyl (C=O) groups excluding carboxylic acids is 1. The molecule has 0 saturated heterocycles. The zero-order valence-corrected chi connectivity index (χ0v) is 19.6. The van der Waals surface area contributed by atoms with Crippen LogP contribution in [0.1, 0.15) is 91.4 Å². The Balaban J connectivity index is 1.73. The summed E-state index contributed by atoms with van der Waals surface area (Å²) < 4.78 is 15.1. The van der Waals surface area contributed by atoms with Gasteiger partial charge in [0, 0.05) is 5.69 Å². The highest BCUT2D eigenvalue weighted by Gasteiger charge is 2.37. The Kier molecular flexibility index (Phi) is 7.49. The van der Waals surface area contributed by atoms with E-state index in [-0.39, 0.29) is 29.9 Å². The molecule has 1 aromatic carbocycles. The summed E-state index contributed by atoms with van der Waals surface area (Å²) in [6.45, 7) is 0.267. The van der Waals surface area contributed by atoms with Crippen molar-refractivity contribution in [3.8, 4) is 0 Å². The molecule has 7 heteroatoms. The number of aryl methyl sites for hydroxylation is 1. The second-order valence-electron chi connectivity index (χ2n) is 9.83. The molecule has 6 nitrogen and oxygen atoms in total. The number of carboxylic acid groups (broad SMARTS) is 1. The van der Waals surface area contributed by atoms with Crippen LogP contribution in [-0.4, -0.2) is 27.1 Å². The van der Waals surface area contributed by atoms with Gasteiger partial charge in [-0.05, 0) is 67.9 Å². The van der Waals surface area contributed by atoms with Crippen LogP contribution < -0.4 is 10.9 Å². The van der Waals surface area contributed by atoms with Gasteiger partial charge >= 0.3 is 5.97 Å². The Morgan fingerprint density at radius 3 is 2.29 bits per heavy atom. The summed E-state index contributed by atoms with van der Waals surface area (Å²) in [6, 6.07) is 7.80. The van der Waals surface area contributed by atoms with Crippen LogP contribution in [0.15, 0.2) is 35.1 Å². The molecule has 1 fully saturated rings. The molecule has 2 aromatic rings. The van der Waals surface area contributed by atoms with Crippen molar-refractivity contribution in [2.45, 2.75) is 89.1 Å². The summed E-state index contributed by atoms with van der Waals surface area (Å²) in [5.74, 6) is -1.78. The molecule has 1 aromatic heterocycles. The van der Waals surface area contributed by atoms with Crippen LogP contribution in [0.2, 0.25) is 0 Å². The van der Waals surface area contributed by atoms with E-state index in [9.17, 15) is 23.9 Å². The number of aliphatic carboxylic acids is 1. The topological polar surface area (TPSA) is 88.4 Å². The Bertz CT molecular complexity index is 1100. The maximum absolute atomic E-state index is 13.6. The first-order chi connectivity index (χ1) is 16.4. The second-order valence-corrected chi connectivity index (χ2v) is 9.83. The standard InChI is InChI=1S/C27H33FN2O4/c28-21-12-10-19(11-13-21)18-30-23-9-5-2-1-4-8-20(23)16-22(26(30)34)25(33)29-27(17-24(31)32)14-6-3-7-15-27/h10-13,16H,1-9,14-15,17-18H2,(H,29,33)(H,31,32). The summed E-state index contributed by atoms with van der Waals surface area (Å²) in [7, 11) is 0. The minimum atomic E-state index is -0.950. The lowest BCUT2D eigenvalue weighted by atomic mass is 9.79. The molecule has 0 aliphatic heterocycles. The van der Waals surface area contributed by atoms with Crippen LogP contribution in [-0.2, 0) is 24.2 Å². The minimum Gasteiger partial charge on any atom is -0.481 e. The Morgan fingerprint density at radius 2 is 1.62 bits per heavy atom. The van der Waals surface area contributed by atoms with Crippen LogP contribution in [0.4, 0.5) is 4.39 Å². The van der Waals surface area contributed by atoms with Crippen molar-refractivity contribution >= 4 is 11.9 Å². The highest BCUT2D eigenvalue weighted by Crippen LogP contribution is 2.31. The van der Waals surface area contributed by atoms with E-state index in [1.54, 1.807) is 22.8 Å². The smallest absolute Gasteiger partial charge is 0.305 e. The van der Waals surface area contributed by atoms with Crippen molar-refractivity contribution in [2.24, 2.45) is 0 Å². The fourth-order valence-corrected chi connectivity index (χ4v) is 5.51. The van der Waals surface area contributed by atoms with Gasteiger partial charge in [-0.15, -0.1) is 0 Å². The molecule has 2 aliphatic carbocycles. The molecule has 1 saturated carbocycles. The van der Waals surface area contributed by atoms with Gasteiger partial charge in [-0.1, -0.05) is 44.2 Å². The van der Waals surface area contributed by atoms with Crippen LogP contribution in [0.5, 0.6) is 0 Å². The summed E-state index contributed by atoms with van der Waals surface area (Å²) in [5.41, 5.74) is 1.62. The number of halogens is 1. The molecular formula is C27H33FN2O4. The molecule has 0 atom stereocenters. The molecule has 0 spiro atoms. The first-order valence-corrected chi connectivity index (χ1v) is 12.4. The van der Waals surface area contributed by atoms with Crippen LogP contribution in [0.3, 0.4) is 0 Å². The van der Waals surface area contributed by atoms with E-state index in [4.69, 9.17) is 0 Å². The van der Waals surface area contributed by atoms with Gasteiger partial charge in [0.05, 0.1) is 18.5 Å². The zero-order valence-electron chi connectivity index (χ0n) is 19.6. The molecule has 4 rings (SSSR count). The zero-order chi connectivity index (χ0) is 24.1. The van der Waals surface area contributed by atoms with Gasteiger partial charge < -0.3 is 15.0 Å². The Morgan fingerprint density at radius 1 is 0.971 bits per heavy atom. The van der Waals surface area contributed by atoms with E-state index >= 15 is 0 Å². The molecule has 182 valence electrons. The minimum absolute atomic E-state index is 0.0665. The molecule has 2 N–H and O–H groups in total. The number of nitrogens with zero attached hydrogens (tertiary/aromatic N) is 1. The van der Waals surface area contributed by atoms with E-state index < -0.39 is 17.4 Å². The van der Waals surface area contributed by atoms with Crippen molar-refractivity contribution in [2.75, 3.05) is 0 Å². The fourth-order valence-electron chi connectivity index (χ4n) is 5.51. The van der Waals surface area contributed by atoms with E-state index in [2.05, 4.69) is 5.32 Å². The molecule has 0 bridgehead atoms. The molecule has 1 heterocycles. The van der Waals surface area contributed by atoms with Crippen molar-refractivity contribution < 1.29 is 19.1 Å². The fraction of sp³-hybridized carbons (Fsp3) is 0.519. The maximum atomic E-state index is 13.6. The number of benzene rings is 1. The van der Waals surface area contributed by atoms with Crippen LogP contribution in [0.25, 0.3) is 0 Å². The Hall–Kier alpha value is -2.96. The number of hydrogen-bond donors (Lipinski definition) is 2. The van der Waals surface area contributed by atoms with Gasteiger partial charge in [-0.2, -0.15) is 0 Å². The number of carboxylic acids is 1. The van der Waals surface area contributed by atoms with E-state index in [0.29, 0.717) is 12.8 Å². The van der Waals surface area contributed by atoms with Crippen LogP contribution >= 0.6 is 0 Å². The lowest BCUT2D eigenvalue weighted by Crippen LogP contribution is -2.52. The quantitative estimate of drug-likeness (QED) is 0.648. The summed E-state index contributed by atoms with van der Waals surface area (Å²) >= 11 is 0. The number of amides is 1. The number of pyridine rings is 1. The number of fused-ring (bicyclic) bond motifs is 1. The van der Waals surface area contributed by atoms with Gasteiger partial charge in [-0.25, -0.2) is 4.39 Å². The number of hydrogen-bond acceptors (Lipinski definition) is 3. The summed E-state index contributed by atoms with van der Waals surface area (Å²) in [4.78, 5) is 38.6. The summed E-state index contributed by atoms with van der Waals surface area (Å²) in [6.07, 6.45) is 9.50. The van der Waals surface area contributed by atoms with E-state index in [1.807, 2.05) is 0 Å².